The van der Waals surface area contributed by atoms with Gasteiger partial charge in [-0.3, -0.25) is 4.79 Å². The van der Waals surface area contributed by atoms with Crippen molar-refractivity contribution < 1.29 is 13.9 Å². The number of rotatable bonds is 7. The van der Waals surface area contributed by atoms with E-state index >= 15 is 0 Å². The van der Waals surface area contributed by atoms with Gasteiger partial charge in [-0.1, -0.05) is 12.1 Å². The van der Waals surface area contributed by atoms with E-state index in [1.54, 1.807) is 4.52 Å². The highest BCUT2D eigenvalue weighted by atomic mass is 16.5. The van der Waals surface area contributed by atoms with Crippen molar-refractivity contribution in [1.29, 1.82) is 0 Å². The van der Waals surface area contributed by atoms with E-state index in [2.05, 4.69) is 20.4 Å². The van der Waals surface area contributed by atoms with Gasteiger partial charge in [-0.25, -0.2) is 9.50 Å². The molecule has 4 aromatic rings. The number of amides is 1. The van der Waals surface area contributed by atoms with Crippen LogP contribution in [0.1, 0.15) is 49.0 Å². The molecule has 0 bridgehead atoms. The Morgan fingerprint density at radius 2 is 2.17 bits per heavy atom. The number of nitrogens with zero attached hydrogens (tertiary/aromatic N) is 4. The number of aromatic nitrogens is 4. The lowest BCUT2D eigenvalue weighted by atomic mass is 10.1. The molecule has 1 atom stereocenters. The highest BCUT2D eigenvalue weighted by Crippen LogP contribution is 2.31. The molecular weight excluding hydrogens is 382 g/mol. The number of nitrogens with one attached hydrogen (secondary N) is 1. The maximum absolute atomic E-state index is 12.6. The first-order chi connectivity index (χ1) is 14.5. The summed E-state index contributed by atoms with van der Waals surface area (Å²) < 4.78 is 13.3. The van der Waals surface area contributed by atoms with Crippen molar-refractivity contribution >= 4 is 22.7 Å². The first-order valence-corrected chi connectivity index (χ1v) is 10.1. The zero-order valence-corrected chi connectivity index (χ0v) is 17.6. The average molecular weight is 407 g/mol. The molecular formula is C22H25N5O3. The van der Waals surface area contributed by atoms with E-state index in [4.69, 9.17) is 9.15 Å². The van der Waals surface area contributed by atoms with Gasteiger partial charge in [-0.2, -0.15) is 10.1 Å². The third-order valence-corrected chi connectivity index (χ3v) is 5.22. The van der Waals surface area contributed by atoms with Crippen molar-refractivity contribution in [1.82, 2.24) is 24.9 Å². The number of benzene rings is 1. The van der Waals surface area contributed by atoms with Crippen LogP contribution >= 0.6 is 0 Å². The fourth-order valence-electron chi connectivity index (χ4n) is 3.68. The molecule has 0 radical (unpaired) electrons. The maximum atomic E-state index is 12.6. The number of furan rings is 1. The van der Waals surface area contributed by atoms with Gasteiger partial charge in [0.2, 0.25) is 5.91 Å². The van der Waals surface area contributed by atoms with Crippen LogP contribution in [0.3, 0.4) is 0 Å². The van der Waals surface area contributed by atoms with Crippen molar-refractivity contribution in [2.45, 2.75) is 46.6 Å². The Bertz CT molecular complexity index is 1210. The fraction of sp³-hybridized carbons (Fsp3) is 0.364. The molecule has 1 unspecified atom stereocenters. The summed E-state index contributed by atoms with van der Waals surface area (Å²) in [5.74, 6) is 1.93. The lowest BCUT2D eigenvalue weighted by molar-refractivity contribution is -0.121. The lowest BCUT2D eigenvalue weighted by Crippen LogP contribution is -2.26. The Morgan fingerprint density at radius 1 is 1.33 bits per heavy atom. The van der Waals surface area contributed by atoms with Crippen LogP contribution in [0.2, 0.25) is 0 Å². The minimum Gasteiger partial charge on any atom is -0.490 e. The topological polar surface area (TPSA) is 94.5 Å². The SMILES string of the molecule is CCOc1cccc2cc(C(C)NC(=O)CCc3c(C)nc4ncnn4c3C)oc12. The average Bonchev–Trinajstić information content (AvgIpc) is 3.35. The molecule has 30 heavy (non-hydrogen) atoms. The van der Waals surface area contributed by atoms with E-state index in [9.17, 15) is 4.79 Å². The maximum Gasteiger partial charge on any atom is 0.252 e. The van der Waals surface area contributed by atoms with Crippen LogP contribution in [0.4, 0.5) is 0 Å². The van der Waals surface area contributed by atoms with Crippen molar-refractivity contribution in [3.8, 4) is 5.75 Å². The largest absolute Gasteiger partial charge is 0.490 e. The summed E-state index contributed by atoms with van der Waals surface area (Å²) in [6.07, 6.45) is 2.41. The van der Waals surface area contributed by atoms with E-state index in [-0.39, 0.29) is 11.9 Å². The quantitative estimate of drug-likeness (QED) is 0.502. The number of ether oxygens (including phenoxy) is 1. The summed E-state index contributed by atoms with van der Waals surface area (Å²) in [5, 5.41) is 8.17. The van der Waals surface area contributed by atoms with Crippen LogP contribution in [-0.2, 0) is 11.2 Å². The van der Waals surface area contributed by atoms with E-state index in [1.165, 1.54) is 6.33 Å². The number of fused-ring (bicyclic) bond motifs is 2. The summed E-state index contributed by atoms with van der Waals surface area (Å²) >= 11 is 0. The van der Waals surface area contributed by atoms with Gasteiger partial charge in [0.25, 0.3) is 5.78 Å². The second-order valence-corrected chi connectivity index (χ2v) is 7.28. The summed E-state index contributed by atoms with van der Waals surface area (Å²) in [4.78, 5) is 21.2. The lowest BCUT2D eigenvalue weighted by Gasteiger charge is -2.13. The van der Waals surface area contributed by atoms with Crippen LogP contribution in [0.15, 0.2) is 35.0 Å². The van der Waals surface area contributed by atoms with Gasteiger partial charge < -0.3 is 14.5 Å². The van der Waals surface area contributed by atoms with Crippen molar-refractivity contribution in [3.63, 3.8) is 0 Å². The van der Waals surface area contributed by atoms with Crippen molar-refractivity contribution in [3.05, 3.63) is 53.3 Å². The number of carbonyl (C=O) groups is 1. The highest BCUT2D eigenvalue weighted by Gasteiger charge is 2.17. The number of aryl methyl sites for hydroxylation is 2. The van der Waals surface area contributed by atoms with Crippen LogP contribution in [-0.4, -0.2) is 32.1 Å². The molecule has 1 N–H and O–H groups in total. The van der Waals surface area contributed by atoms with Gasteiger partial charge in [0, 0.05) is 23.2 Å². The van der Waals surface area contributed by atoms with Gasteiger partial charge in [-0.05, 0) is 51.8 Å². The molecule has 0 aliphatic heterocycles. The molecule has 0 fully saturated rings. The Kier molecular flexibility index (Phi) is 5.39. The molecule has 156 valence electrons. The summed E-state index contributed by atoms with van der Waals surface area (Å²) in [6.45, 7) is 8.31. The Balaban J connectivity index is 1.44. The zero-order chi connectivity index (χ0) is 21.3. The van der Waals surface area contributed by atoms with Gasteiger partial charge in [0.15, 0.2) is 11.3 Å². The number of carbonyl (C=O) groups excluding carboxylic acids is 1. The first-order valence-electron chi connectivity index (χ1n) is 10.1. The zero-order valence-electron chi connectivity index (χ0n) is 17.6. The number of hydrogen-bond donors (Lipinski definition) is 1. The van der Waals surface area contributed by atoms with E-state index < -0.39 is 0 Å². The monoisotopic (exact) mass is 407 g/mol. The standard InChI is InChI=1S/C22H25N5O3/c1-5-29-18-8-6-7-16-11-19(30-21(16)18)14(3)25-20(28)10-9-17-13(2)26-22-23-12-24-27(22)15(17)4/h6-8,11-12,14H,5,9-10H2,1-4H3,(H,25,28). The summed E-state index contributed by atoms with van der Waals surface area (Å²) in [5.41, 5.74) is 3.54. The third kappa shape index (κ3) is 3.72. The summed E-state index contributed by atoms with van der Waals surface area (Å²) in [6, 6.07) is 7.48. The normalized spacial score (nSPS) is 12.4. The molecule has 3 aromatic heterocycles. The predicted molar refractivity (Wildman–Crippen MR) is 113 cm³/mol. The molecule has 3 heterocycles. The molecule has 0 aliphatic rings. The van der Waals surface area contributed by atoms with Crippen LogP contribution in [0, 0.1) is 13.8 Å². The molecule has 1 aromatic carbocycles. The minimum atomic E-state index is -0.252. The molecule has 0 saturated heterocycles. The molecule has 0 saturated carbocycles. The second kappa shape index (κ2) is 8.14. The second-order valence-electron chi connectivity index (χ2n) is 7.28. The highest BCUT2D eigenvalue weighted by molar-refractivity contribution is 5.84. The molecule has 0 aliphatic carbocycles. The molecule has 8 nitrogen and oxygen atoms in total. The minimum absolute atomic E-state index is 0.0505. The number of hydrogen-bond acceptors (Lipinski definition) is 6. The van der Waals surface area contributed by atoms with Gasteiger partial charge >= 0.3 is 0 Å². The third-order valence-electron chi connectivity index (χ3n) is 5.22. The van der Waals surface area contributed by atoms with Crippen LogP contribution in [0.25, 0.3) is 16.7 Å². The van der Waals surface area contributed by atoms with Crippen LogP contribution in [0.5, 0.6) is 5.75 Å². The predicted octanol–water partition coefficient (Wildman–Crippen LogP) is 3.70. The van der Waals surface area contributed by atoms with E-state index in [0.717, 1.165) is 22.3 Å². The van der Waals surface area contributed by atoms with E-state index in [0.29, 0.717) is 42.3 Å². The molecule has 4 rings (SSSR count). The van der Waals surface area contributed by atoms with E-state index in [1.807, 2.05) is 52.0 Å². The van der Waals surface area contributed by atoms with Gasteiger partial charge in [0.05, 0.1) is 12.6 Å². The Hall–Kier alpha value is -3.42. The van der Waals surface area contributed by atoms with Gasteiger partial charge in [-0.15, -0.1) is 0 Å². The van der Waals surface area contributed by atoms with Crippen molar-refractivity contribution in [2.75, 3.05) is 6.61 Å². The number of para-hydroxylation sites is 1. The Morgan fingerprint density at radius 3 is 2.97 bits per heavy atom. The van der Waals surface area contributed by atoms with Gasteiger partial charge in [0.1, 0.15) is 12.1 Å². The smallest absolute Gasteiger partial charge is 0.252 e. The molecule has 1 amide bonds. The summed E-state index contributed by atoms with van der Waals surface area (Å²) in [7, 11) is 0. The fourth-order valence-corrected chi connectivity index (χ4v) is 3.68. The molecule has 8 heteroatoms. The first kappa shape index (κ1) is 19.9. The molecule has 0 spiro atoms. The van der Waals surface area contributed by atoms with Crippen LogP contribution < -0.4 is 10.1 Å². The Labute approximate surface area is 174 Å². The van der Waals surface area contributed by atoms with Crippen molar-refractivity contribution in [2.24, 2.45) is 0 Å².